The van der Waals surface area contributed by atoms with Gasteiger partial charge in [-0.2, -0.15) is 0 Å². The lowest BCUT2D eigenvalue weighted by Gasteiger charge is -2.45. The Morgan fingerprint density at radius 3 is 3.09 bits per heavy atom. The molecule has 0 heterocycles. The van der Waals surface area contributed by atoms with Gasteiger partial charge >= 0.3 is 0 Å². The lowest BCUT2D eigenvalue weighted by Crippen LogP contribution is -2.38. The van der Waals surface area contributed by atoms with Crippen LogP contribution in [0.4, 0.5) is 0 Å². The van der Waals surface area contributed by atoms with E-state index in [9.17, 15) is 0 Å². The summed E-state index contributed by atoms with van der Waals surface area (Å²) in [6, 6.07) is 0. The Kier molecular flexibility index (Phi) is 4.02. The van der Waals surface area contributed by atoms with Gasteiger partial charge in [0, 0.05) is 12.0 Å². The zero-order chi connectivity index (χ0) is 15.0. The van der Waals surface area contributed by atoms with E-state index in [-0.39, 0.29) is 0 Å². The van der Waals surface area contributed by atoms with Gasteiger partial charge in [-0.3, -0.25) is 0 Å². The molecule has 4 aliphatic rings. The molecule has 0 radical (unpaired) electrons. The lowest BCUT2D eigenvalue weighted by molar-refractivity contribution is 0.0323. The first-order valence-electron chi connectivity index (χ1n) is 9.53. The first kappa shape index (κ1) is 14.8. The minimum atomic E-state index is 0.361. The van der Waals surface area contributed by atoms with E-state index in [4.69, 9.17) is 4.74 Å². The molecule has 4 rings (SSSR count). The standard InChI is InChI=1S/C21H30O/c1-2-14-22-15-21-12-5-8-20(21)19-10-9-16-6-3-4-7-17(16)18(19)11-13-21/h6,11,13,19-20H,2-5,7-10,12,14-15H2,1H3/t19-,20+,21+/m1/s1. The molecule has 120 valence electrons. The highest BCUT2D eigenvalue weighted by Gasteiger charge is 2.49. The van der Waals surface area contributed by atoms with Crippen LogP contribution in [0.5, 0.6) is 0 Å². The Labute approximate surface area is 135 Å². The number of allylic oxidation sites excluding steroid dienone is 5. The van der Waals surface area contributed by atoms with E-state index in [0.29, 0.717) is 5.41 Å². The Balaban J connectivity index is 1.66. The highest BCUT2D eigenvalue weighted by Crippen LogP contribution is 2.57. The summed E-state index contributed by atoms with van der Waals surface area (Å²) < 4.78 is 6.03. The predicted octanol–water partition coefficient (Wildman–Crippen LogP) is 5.59. The maximum absolute atomic E-state index is 6.03. The van der Waals surface area contributed by atoms with E-state index >= 15 is 0 Å². The first-order valence-corrected chi connectivity index (χ1v) is 9.53. The average molecular weight is 298 g/mol. The van der Waals surface area contributed by atoms with Crippen LogP contribution in [0.25, 0.3) is 0 Å². The molecule has 0 amide bonds. The summed E-state index contributed by atoms with van der Waals surface area (Å²) in [6.45, 7) is 4.10. The van der Waals surface area contributed by atoms with Gasteiger partial charge in [0.2, 0.25) is 0 Å². The average Bonchev–Trinajstić information content (AvgIpc) is 2.99. The number of ether oxygens (including phenoxy) is 1. The number of hydrogen-bond donors (Lipinski definition) is 0. The van der Waals surface area contributed by atoms with E-state index in [1.165, 1.54) is 51.4 Å². The van der Waals surface area contributed by atoms with Crippen molar-refractivity contribution in [3.05, 3.63) is 34.9 Å². The van der Waals surface area contributed by atoms with Crippen LogP contribution < -0.4 is 0 Å². The summed E-state index contributed by atoms with van der Waals surface area (Å²) in [5.74, 6) is 1.67. The van der Waals surface area contributed by atoms with Gasteiger partial charge in [-0.25, -0.2) is 0 Å². The minimum Gasteiger partial charge on any atom is -0.381 e. The molecule has 0 spiro atoms. The summed E-state index contributed by atoms with van der Waals surface area (Å²) in [7, 11) is 0. The summed E-state index contributed by atoms with van der Waals surface area (Å²) in [6.07, 6.45) is 19.6. The second-order valence-corrected chi connectivity index (χ2v) is 7.82. The van der Waals surface area contributed by atoms with Crippen LogP contribution in [0.3, 0.4) is 0 Å². The van der Waals surface area contributed by atoms with Gasteiger partial charge in [0.05, 0.1) is 6.61 Å². The van der Waals surface area contributed by atoms with Crippen molar-refractivity contribution in [1.82, 2.24) is 0 Å². The van der Waals surface area contributed by atoms with Gasteiger partial charge in [-0.05, 0) is 79.9 Å². The molecule has 0 aromatic carbocycles. The number of hydrogen-bond acceptors (Lipinski definition) is 1. The third-order valence-electron chi connectivity index (χ3n) is 6.58. The van der Waals surface area contributed by atoms with Crippen molar-refractivity contribution in [3.8, 4) is 0 Å². The smallest absolute Gasteiger partial charge is 0.0559 e. The molecule has 1 nitrogen and oxygen atoms in total. The van der Waals surface area contributed by atoms with Crippen molar-refractivity contribution >= 4 is 0 Å². The van der Waals surface area contributed by atoms with Gasteiger partial charge in [-0.15, -0.1) is 0 Å². The Bertz CT molecular complexity index is 524. The molecule has 3 atom stereocenters. The zero-order valence-electron chi connectivity index (χ0n) is 14.1. The van der Waals surface area contributed by atoms with E-state index in [1.54, 1.807) is 16.7 Å². The monoisotopic (exact) mass is 298 g/mol. The van der Waals surface area contributed by atoms with Gasteiger partial charge in [-0.1, -0.05) is 31.6 Å². The molecule has 0 aliphatic heterocycles. The van der Waals surface area contributed by atoms with Crippen LogP contribution in [0.15, 0.2) is 34.9 Å². The van der Waals surface area contributed by atoms with E-state index in [1.807, 2.05) is 0 Å². The third kappa shape index (κ3) is 2.33. The molecule has 0 bridgehead atoms. The second-order valence-electron chi connectivity index (χ2n) is 7.82. The van der Waals surface area contributed by atoms with Crippen molar-refractivity contribution in [3.63, 3.8) is 0 Å². The Morgan fingerprint density at radius 2 is 2.18 bits per heavy atom. The Hall–Kier alpha value is -0.820. The second kappa shape index (κ2) is 6.00. The van der Waals surface area contributed by atoms with E-state index in [0.717, 1.165) is 31.5 Å². The van der Waals surface area contributed by atoms with Crippen molar-refractivity contribution < 1.29 is 4.74 Å². The van der Waals surface area contributed by atoms with E-state index < -0.39 is 0 Å². The summed E-state index contributed by atoms with van der Waals surface area (Å²) >= 11 is 0. The molecule has 0 N–H and O–H groups in total. The molecule has 22 heavy (non-hydrogen) atoms. The van der Waals surface area contributed by atoms with Crippen LogP contribution >= 0.6 is 0 Å². The Morgan fingerprint density at radius 1 is 1.23 bits per heavy atom. The third-order valence-corrected chi connectivity index (χ3v) is 6.58. The van der Waals surface area contributed by atoms with Gasteiger partial charge in [0.25, 0.3) is 0 Å². The molecule has 0 saturated heterocycles. The molecular formula is C21H30O. The van der Waals surface area contributed by atoms with Crippen LogP contribution in [0.2, 0.25) is 0 Å². The van der Waals surface area contributed by atoms with Gasteiger partial charge in [0.15, 0.2) is 0 Å². The molecule has 1 heteroatoms. The first-order chi connectivity index (χ1) is 10.8. The number of rotatable bonds is 4. The van der Waals surface area contributed by atoms with Crippen molar-refractivity contribution in [1.29, 1.82) is 0 Å². The summed E-state index contributed by atoms with van der Waals surface area (Å²) in [5, 5.41) is 0. The van der Waals surface area contributed by atoms with Crippen LogP contribution in [-0.2, 0) is 4.74 Å². The van der Waals surface area contributed by atoms with Crippen molar-refractivity contribution in [2.45, 2.75) is 64.7 Å². The minimum absolute atomic E-state index is 0.361. The van der Waals surface area contributed by atoms with Crippen LogP contribution in [-0.4, -0.2) is 13.2 Å². The summed E-state index contributed by atoms with van der Waals surface area (Å²) in [4.78, 5) is 0. The van der Waals surface area contributed by atoms with Crippen molar-refractivity contribution in [2.24, 2.45) is 17.3 Å². The lowest BCUT2D eigenvalue weighted by atomic mass is 9.60. The number of fused-ring (bicyclic) bond motifs is 4. The fourth-order valence-electron chi connectivity index (χ4n) is 5.58. The molecule has 0 aromatic heterocycles. The van der Waals surface area contributed by atoms with Crippen LogP contribution in [0, 0.1) is 17.3 Å². The molecular weight excluding hydrogens is 268 g/mol. The van der Waals surface area contributed by atoms with Crippen molar-refractivity contribution in [2.75, 3.05) is 13.2 Å². The maximum atomic E-state index is 6.03. The van der Waals surface area contributed by atoms with Crippen LogP contribution in [0.1, 0.15) is 64.7 Å². The molecule has 1 saturated carbocycles. The molecule has 4 aliphatic carbocycles. The van der Waals surface area contributed by atoms with Gasteiger partial charge < -0.3 is 4.74 Å². The highest BCUT2D eigenvalue weighted by atomic mass is 16.5. The predicted molar refractivity (Wildman–Crippen MR) is 91.7 cm³/mol. The topological polar surface area (TPSA) is 9.23 Å². The molecule has 1 fully saturated rings. The maximum Gasteiger partial charge on any atom is 0.0559 e. The largest absolute Gasteiger partial charge is 0.381 e. The highest BCUT2D eigenvalue weighted by molar-refractivity contribution is 5.48. The normalized spacial score (nSPS) is 36.7. The quantitative estimate of drug-likeness (QED) is 0.615. The summed E-state index contributed by atoms with van der Waals surface area (Å²) in [5.41, 5.74) is 5.50. The fraction of sp³-hybridized carbons (Fsp3) is 0.714. The fourth-order valence-corrected chi connectivity index (χ4v) is 5.58. The SMILES string of the molecule is CCCOC[C@]12C=CC3=C4CCCC=C4CC[C@H]3[C@@H]1CCC2. The zero-order valence-corrected chi connectivity index (χ0v) is 14.1. The van der Waals surface area contributed by atoms with E-state index in [2.05, 4.69) is 25.2 Å². The van der Waals surface area contributed by atoms with Gasteiger partial charge in [0.1, 0.15) is 0 Å². The molecule has 0 aromatic rings. The molecule has 0 unspecified atom stereocenters.